The molecule has 0 bridgehead atoms. The summed E-state index contributed by atoms with van der Waals surface area (Å²) >= 11 is 0. The number of aromatic nitrogens is 2. The van der Waals surface area contributed by atoms with Crippen LogP contribution >= 0.6 is 0 Å². The number of benzene rings is 1. The molecule has 1 atom stereocenters. The lowest BCUT2D eigenvalue weighted by Gasteiger charge is -2.31. The second-order valence-electron chi connectivity index (χ2n) is 7.03. The Hall–Kier alpha value is -2.77. The topological polar surface area (TPSA) is 84.3 Å². The molecule has 3 rings (SSSR count). The van der Waals surface area contributed by atoms with Gasteiger partial charge in [0.05, 0.1) is 17.2 Å². The maximum Gasteiger partial charge on any atom is 0.261 e. The molecule has 0 spiro atoms. The minimum atomic E-state index is -0.533. The van der Waals surface area contributed by atoms with Crippen LogP contribution < -0.4 is 10.9 Å². The summed E-state index contributed by atoms with van der Waals surface area (Å²) in [5.74, 6) is -0.389. The highest BCUT2D eigenvalue weighted by molar-refractivity contribution is 5.80. The van der Waals surface area contributed by atoms with Crippen molar-refractivity contribution < 1.29 is 14.0 Å². The lowest BCUT2D eigenvalue weighted by atomic mass is 10.00. The summed E-state index contributed by atoms with van der Waals surface area (Å²) in [6.45, 7) is 3.65. The molecule has 1 N–H and O–H groups in total. The van der Waals surface area contributed by atoms with Crippen molar-refractivity contribution in [1.82, 2.24) is 19.8 Å². The zero-order chi connectivity index (χ0) is 19.4. The fourth-order valence-corrected chi connectivity index (χ4v) is 3.34. The molecule has 7 nitrogen and oxygen atoms in total. The molecule has 2 amide bonds. The molecular weight excluding hydrogens is 351 g/mol. The fourth-order valence-electron chi connectivity index (χ4n) is 3.34. The van der Waals surface area contributed by atoms with Gasteiger partial charge in [-0.15, -0.1) is 0 Å². The monoisotopic (exact) mass is 374 g/mol. The van der Waals surface area contributed by atoms with Gasteiger partial charge in [0.2, 0.25) is 11.8 Å². The molecule has 8 heteroatoms. The SMILES string of the molecule is CC1CCCN(C(=O)CCNC(=O)Cn2cnc3ccc(F)cc3c2=O)C1. The molecular formula is C19H23FN4O3. The van der Waals surface area contributed by atoms with E-state index in [0.29, 0.717) is 11.4 Å². The predicted octanol–water partition coefficient (Wildman–Crippen LogP) is 1.30. The van der Waals surface area contributed by atoms with Gasteiger partial charge in [0.15, 0.2) is 0 Å². The van der Waals surface area contributed by atoms with E-state index in [2.05, 4.69) is 17.2 Å². The first-order valence-electron chi connectivity index (χ1n) is 9.13. The standard InChI is InChI=1S/C19H23FN4O3/c1-13-3-2-8-23(10-13)18(26)6-7-21-17(25)11-24-12-22-16-5-4-14(20)9-15(16)19(24)27/h4-5,9,12-13H,2-3,6-8,10-11H2,1H3,(H,21,25). The minimum Gasteiger partial charge on any atom is -0.354 e. The van der Waals surface area contributed by atoms with Crippen molar-refractivity contribution in [2.45, 2.75) is 32.7 Å². The number of hydrogen-bond acceptors (Lipinski definition) is 4. The van der Waals surface area contributed by atoms with E-state index in [1.165, 1.54) is 18.5 Å². The highest BCUT2D eigenvalue weighted by Gasteiger charge is 2.20. The van der Waals surface area contributed by atoms with E-state index in [4.69, 9.17) is 0 Å². The van der Waals surface area contributed by atoms with E-state index in [-0.39, 0.29) is 30.8 Å². The van der Waals surface area contributed by atoms with E-state index in [1.807, 2.05) is 4.90 Å². The van der Waals surface area contributed by atoms with Crippen LogP contribution in [-0.2, 0) is 16.1 Å². The first-order valence-corrected chi connectivity index (χ1v) is 9.13. The predicted molar refractivity (Wildman–Crippen MR) is 98.6 cm³/mol. The molecule has 1 aliphatic rings. The van der Waals surface area contributed by atoms with Crippen LogP contribution in [0.1, 0.15) is 26.2 Å². The second-order valence-corrected chi connectivity index (χ2v) is 7.03. The number of fused-ring (bicyclic) bond motifs is 1. The average molecular weight is 374 g/mol. The van der Waals surface area contributed by atoms with Crippen LogP contribution in [0.15, 0.2) is 29.3 Å². The van der Waals surface area contributed by atoms with Crippen molar-refractivity contribution in [1.29, 1.82) is 0 Å². The molecule has 0 saturated carbocycles. The number of nitrogens with one attached hydrogen (secondary N) is 1. The molecule has 0 radical (unpaired) electrons. The molecule has 1 aromatic carbocycles. The number of carbonyl (C=O) groups is 2. The Morgan fingerprint density at radius 3 is 2.96 bits per heavy atom. The zero-order valence-corrected chi connectivity index (χ0v) is 15.3. The van der Waals surface area contributed by atoms with Gasteiger partial charge in [-0.2, -0.15) is 0 Å². The van der Waals surface area contributed by atoms with Gasteiger partial charge in [-0.1, -0.05) is 6.92 Å². The molecule has 1 unspecified atom stereocenters. The van der Waals surface area contributed by atoms with Crippen molar-refractivity contribution in [2.24, 2.45) is 5.92 Å². The molecule has 1 aliphatic heterocycles. The quantitative estimate of drug-likeness (QED) is 0.855. The van der Waals surface area contributed by atoms with E-state index >= 15 is 0 Å². The highest BCUT2D eigenvalue weighted by atomic mass is 19.1. The third kappa shape index (κ3) is 4.69. The molecule has 2 aromatic rings. The molecule has 144 valence electrons. The molecule has 1 fully saturated rings. The first-order chi connectivity index (χ1) is 12.9. The van der Waals surface area contributed by atoms with Gasteiger partial charge in [-0.3, -0.25) is 19.0 Å². The number of halogens is 1. The Bertz CT molecular complexity index is 911. The maximum atomic E-state index is 13.3. The number of piperidine rings is 1. The fraction of sp³-hybridized carbons (Fsp3) is 0.474. The molecule has 1 saturated heterocycles. The maximum absolute atomic E-state index is 13.3. The summed E-state index contributed by atoms with van der Waals surface area (Å²) in [5.41, 5.74) is -0.104. The van der Waals surface area contributed by atoms with Gasteiger partial charge in [-0.05, 0) is 37.0 Å². The van der Waals surface area contributed by atoms with Crippen LogP contribution in [0.5, 0.6) is 0 Å². The largest absolute Gasteiger partial charge is 0.354 e. The van der Waals surface area contributed by atoms with Crippen molar-refractivity contribution in [3.63, 3.8) is 0 Å². The van der Waals surface area contributed by atoms with Crippen LogP contribution in [0.25, 0.3) is 10.9 Å². The lowest BCUT2D eigenvalue weighted by molar-refractivity contribution is -0.132. The normalized spacial score (nSPS) is 17.1. The molecule has 2 heterocycles. The van der Waals surface area contributed by atoms with Gasteiger partial charge in [0.1, 0.15) is 12.4 Å². The number of carbonyl (C=O) groups excluding carboxylic acids is 2. The van der Waals surface area contributed by atoms with E-state index in [9.17, 15) is 18.8 Å². The Morgan fingerprint density at radius 1 is 1.37 bits per heavy atom. The average Bonchev–Trinajstić information content (AvgIpc) is 2.64. The first kappa shape index (κ1) is 19.0. The Labute approximate surface area is 156 Å². The summed E-state index contributed by atoms with van der Waals surface area (Å²) in [6.07, 6.45) is 3.65. The second kappa shape index (κ2) is 8.28. The number of rotatable bonds is 5. The molecule has 0 aliphatic carbocycles. The van der Waals surface area contributed by atoms with E-state index in [0.717, 1.165) is 36.6 Å². The van der Waals surface area contributed by atoms with Gasteiger partial charge in [0, 0.05) is 26.1 Å². The van der Waals surface area contributed by atoms with Gasteiger partial charge in [0.25, 0.3) is 5.56 Å². The zero-order valence-electron chi connectivity index (χ0n) is 15.3. The van der Waals surface area contributed by atoms with Crippen molar-refractivity contribution in [2.75, 3.05) is 19.6 Å². The van der Waals surface area contributed by atoms with Crippen LogP contribution in [0.3, 0.4) is 0 Å². The summed E-state index contributed by atoms with van der Waals surface area (Å²) in [6, 6.07) is 3.76. The van der Waals surface area contributed by atoms with Crippen molar-refractivity contribution >= 4 is 22.7 Å². The lowest BCUT2D eigenvalue weighted by Crippen LogP contribution is -2.41. The Balaban J connectivity index is 1.54. The number of likely N-dealkylation sites (tertiary alicyclic amines) is 1. The minimum absolute atomic E-state index is 0.0295. The third-order valence-electron chi connectivity index (χ3n) is 4.77. The van der Waals surface area contributed by atoms with Gasteiger partial charge in [-0.25, -0.2) is 9.37 Å². The van der Waals surface area contributed by atoms with Crippen LogP contribution in [0, 0.1) is 11.7 Å². The summed E-state index contributed by atoms with van der Waals surface area (Å²) < 4.78 is 14.5. The van der Waals surface area contributed by atoms with Crippen LogP contribution in [0.4, 0.5) is 4.39 Å². The summed E-state index contributed by atoms with van der Waals surface area (Å²) in [7, 11) is 0. The Kier molecular flexibility index (Phi) is 5.83. The van der Waals surface area contributed by atoms with E-state index in [1.54, 1.807) is 0 Å². The molecule has 27 heavy (non-hydrogen) atoms. The summed E-state index contributed by atoms with van der Waals surface area (Å²) in [5, 5.41) is 2.78. The highest BCUT2D eigenvalue weighted by Crippen LogP contribution is 2.15. The molecule has 1 aromatic heterocycles. The van der Waals surface area contributed by atoms with Gasteiger partial charge < -0.3 is 10.2 Å². The van der Waals surface area contributed by atoms with Crippen LogP contribution in [-0.4, -0.2) is 45.9 Å². The number of hydrogen-bond donors (Lipinski definition) is 1. The van der Waals surface area contributed by atoms with Crippen LogP contribution in [0.2, 0.25) is 0 Å². The number of nitrogens with zero attached hydrogens (tertiary/aromatic N) is 3. The van der Waals surface area contributed by atoms with Crippen molar-refractivity contribution in [3.8, 4) is 0 Å². The smallest absolute Gasteiger partial charge is 0.261 e. The number of amides is 2. The van der Waals surface area contributed by atoms with E-state index < -0.39 is 17.3 Å². The summed E-state index contributed by atoms with van der Waals surface area (Å²) in [4.78, 5) is 42.5. The Morgan fingerprint density at radius 2 is 2.19 bits per heavy atom. The van der Waals surface area contributed by atoms with Gasteiger partial charge >= 0.3 is 0 Å². The third-order valence-corrected chi connectivity index (χ3v) is 4.77. The van der Waals surface area contributed by atoms with Crippen molar-refractivity contribution in [3.05, 3.63) is 40.7 Å².